The first-order chi connectivity index (χ1) is 11.0. The molecule has 0 saturated carbocycles. The molecule has 7 nitrogen and oxygen atoms in total. The summed E-state index contributed by atoms with van der Waals surface area (Å²) in [5.41, 5.74) is 6.52. The minimum atomic E-state index is -1.14. The van der Waals surface area contributed by atoms with Gasteiger partial charge >= 0.3 is 5.97 Å². The van der Waals surface area contributed by atoms with E-state index in [1.807, 2.05) is 6.07 Å². The number of nitrogens with one attached hydrogen (secondary N) is 1. The number of hydrogen-bond acceptors (Lipinski definition) is 5. The van der Waals surface area contributed by atoms with Gasteiger partial charge in [-0.1, -0.05) is 30.3 Å². The fourth-order valence-corrected chi connectivity index (χ4v) is 3.79. The van der Waals surface area contributed by atoms with Crippen molar-refractivity contribution in [3.05, 3.63) is 47.7 Å². The van der Waals surface area contributed by atoms with Gasteiger partial charge in [0.25, 0.3) is 5.91 Å². The number of carboxylic acid groups (broad SMARTS) is 1. The van der Waals surface area contributed by atoms with Crippen molar-refractivity contribution in [3.8, 4) is 0 Å². The van der Waals surface area contributed by atoms with Crippen molar-refractivity contribution >= 4 is 29.5 Å². The standard InChI is InChI=1S/C15H15N3O4S/c16-10(8-4-2-1-3-5-8)12(19)17-11-13(20)18-9(15(21)22)6-7-23-14(11)18/h1-6,10-11,14H,7,16H2,(H,17,19)(H,21,22)/t10?,11?,14-/m1/s1. The highest BCUT2D eigenvalue weighted by Crippen LogP contribution is 2.37. The van der Waals surface area contributed by atoms with Gasteiger partial charge in [0.15, 0.2) is 0 Å². The van der Waals surface area contributed by atoms with Crippen molar-refractivity contribution < 1.29 is 19.5 Å². The first-order valence-corrected chi connectivity index (χ1v) is 8.04. The lowest BCUT2D eigenvalue weighted by atomic mass is 10.0. The summed E-state index contributed by atoms with van der Waals surface area (Å²) in [6.07, 6.45) is 1.50. The van der Waals surface area contributed by atoms with E-state index in [9.17, 15) is 14.4 Å². The van der Waals surface area contributed by atoms with Gasteiger partial charge in [-0.3, -0.25) is 14.5 Å². The Morgan fingerprint density at radius 1 is 1.35 bits per heavy atom. The van der Waals surface area contributed by atoms with Crippen LogP contribution in [-0.4, -0.2) is 45.0 Å². The fraction of sp³-hybridized carbons (Fsp3) is 0.267. The van der Waals surface area contributed by atoms with Crippen LogP contribution >= 0.6 is 11.8 Å². The van der Waals surface area contributed by atoms with E-state index in [-0.39, 0.29) is 5.70 Å². The number of carboxylic acids is 1. The number of carbonyl (C=O) groups excluding carboxylic acids is 2. The van der Waals surface area contributed by atoms with Crippen LogP contribution in [-0.2, 0) is 14.4 Å². The molecule has 0 bridgehead atoms. The van der Waals surface area contributed by atoms with E-state index >= 15 is 0 Å². The number of thioether (sulfide) groups is 1. The minimum absolute atomic E-state index is 0.0309. The molecule has 3 atom stereocenters. The molecule has 0 spiro atoms. The van der Waals surface area contributed by atoms with Gasteiger partial charge in [-0.2, -0.15) is 0 Å². The molecule has 1 fully saturated rings. The molecule has 0 aliphatic carbocycles. The van der Waals surface area contributed by atoms with E-state index in [1.54, 1.807) is 24.3 Å². The number of hydrogen-bond donors (Lipinski definition) is 3. The number of nitrogens with zero attached hydrogens (tertiary/aromatic N) is 1. The number of amides is 2. The Balaban J connectivity index is 1.68. The van der Waals surface area contributed by atoms with Crippen molar-refractivity contribution in [2.75, 3.05) is 5.75 Å². The second kappa shape index (κ2) is 6.05. The summed E-state index contributed by atoms with van der Waals surface area (Å²) in [6.45, 7) is 0. The van der Waals surface area contributed by atoms with Crippen molar-refractivity contribution in [2.24, 2.45) is 5.73 Å². The smallest absolute Gasteiger partial charge is 0.352 e. The van der Waals surface area contributed by atoms with Gasteiger partial charge in [-0.25, -0.2) is 4.79 Å². The predicted molar refractivity (Wildman–Crippen MR) is 84.1 cm³/mol. The molecule has 2 aliphatic rings. The number of fused-ring (bicyclic) bond motifs is 1. The fourth-order valence-electron chi connectivity index (χ4n) is 2.59. The van der Waals surface area contributed by atoms with Crippen LogP contribution in [0.3, 0.4) is 0 Å². The molecule has 1 saturated heterocycles. The van der Waals surface area contributed by atoms with E-state index in [4.69, 9.17) is 10.8 Å². The van der Waals surface area contributed by atoms with Gasteiger partial charge in [0.2, 0.25) is 5.91 Å². The lowest BCUT2D eigenvalue weighted by molar-refractivity contribution is -0.150. The molecule has 0 radical (unpaired) electrons. The third-order valence-corrected chi connectivity index (χ3v) is 4.99. The van der Waals surface area contributed by atoms with Crippen LogP contribution in [0.2, 0.25) is 0 Å². The van der Waals surface area contributed by atoms with Gasteiger partial charge in [-0.15, -0.1) is 11.8 Å². The first kappa shape index (κ1) is 15.6. The topological polar surface area (TPSA) is 113 Å². The van der Waals surface area contributed by atoms with Crippen LogP contribution in [0.5, 0.6) is 0 Å². The monoisotopic (exact) mass is 333 g/mol. The maximum atomic E-state index is 12.2. The molecule has 120 valence electrons. The van der Waals surface area contributed by atoms with Gasteiger partial charge in [-0.05, 0) is 11.6 Å². The summed E-state index contributed by atoms with van der Waals surface area (Å²) < 4.78 is 0. The quantitative estimate of drug-likeness (QED) is 0.671. The van der Waals surface area contributed by atoms with E-state index in [0.717, 1.165) is 0 Å². The van der Waals surface area contributed by atoms with E-state index in [2.05, 4.69) is 5.32 Å². The molecule has 3 rings (SSSR count). The van der Waals surface area contributed by atoms with Crippen molar-refractivity contribution in [1.82, 2.24) is 10.2 Å². The van der Waals surface area contributed by atoms with E-state index in [0.29, 0.717) is 11.3 Å². The van der Waals surface area contributed by atoms with Crippen LogP contribution in [0.4, 0.5) is 0 Å². The lowest BCUT2D eigenvalue weighted by Gasteiger charge is -2.48. The average Bonchev–Trinajstić information content (AvgIpc) is 2.58. The summed E-state index contributed by atoms with van der Waals surface area (Å²) in [5, 5.41) is 11.3. The Kier molecular flexibility index (Phi) is 4.10. The Morgan fingerprint density at radius 2 is 2.04 bits per heavy atom. The lowest BCUT2D eigenvalue weighted by Crippen LogP contribution is -2.70. The maximum absolute atomic E-state index is 12.2. The summed E-state index contributed by atoms with van der Waals surface area (Å²) in [4.78, 5) is 36.7. The molecule has 4 N–H and O–H groups in total. The predicted octanol–water partition coefficient (Wildman–Crippen LogP) is 0.0548. The largest absolute Gasteiger partial charge is 0.477 e. The molecule has 2 unspecified atom stereocenters. The molecule has 0 aromatic heterocycles. The summed E-state index contributed by atoms with van der Waals surface area (Å²) in [6, 6.07) is 7.23. The number of β-lactam (4-membered cyclic amide) rings is 1. The highest BCUT2D eigenvalue weighted by Gasteiger charge is 2.52. The normalized spacial score (nSPS) is 24.1. The van der Waals surface area contributed by atoms with Crippen LogP contribution in [0.15, 0.2) is 42.1 Å². The molecular formula is C15H15N3O4S. The third kappa shape index (κ3) is 2.71. The third-order valence-electron chi connectivity index (χ3n) is 3.80. The maximum Gasteiger partial charge on any atom is 0.352 e. The van der Waals surface area contributed by atoms with Crippen LogP contribution in [0.25, 0.3) is 0 Å². The molecule has 2 aliphatic heterocycles. The van der Waals surface area contributed by atoms with Crippen LogP contribution < -0.4 is 11.1 Å². The Morgan fingerprint density at radius 3 is 2.70 bits per heavy atom. The number of rotatable bonds is 4. The number of aliphatic carboxylic acids is 1. The zero-order valence-corrected chi connectivity index (χ0v) is 12.8. The summed E-state index contributed by atoms with van der Waals surface area (Å²) >= 11 is 1.41. The van der Waals surface area contributed by atoms with E-state index in [1.165, 1.54) is 22.7 Å². The zero-order valence-electron chi connectivity index (χ0n) is 12.0. The number of nitrogens with two attached hydrogens (primary N) is 1. The Bertz CT molecular complexity index is 691. The first-order valence-electron chi connectivity index (χ1n) is 6.99. The number of benzene rings is 1. The molecule has 23 heavy (non-hydrogen) atoms. The summed E-state index contributed by atoms with van der Waals surface area (Å²) in [5.74, 6) is -1.55. The van der Waals surface area contributed by atoms with Crippen molar-refractivity contribution in [2.45, 2.75) is 17.5 Å². The second-order valence-corrected chi connectivity index (χ2v) is 6.35. The van der Waals surface area contributed by atoms with Gasteiger partial charge in [0.1, 0.15) is 23.2 Å². The van der Waals surface area contributed by atoms with Gasteiger partial charge in [0.05, 0.1) is 0 Å². The van der Waals surface area contributed by atoms with Gasteiger partial charge < -0.3 is 16.2 Å². The zero-order chi connectivity index (χ0) is 16.6. The SMILES string of the molecule is NC(C(=O)NC1C(=O)N2C(C(=O)O)=CCS[C@H]12)c1ccccc1. The Hall–Kier alpha value is -2.32. The second-order valence-electron chi connectivity index (χ2n) is 5.20. The molecule has 2 amide bonds. The molecule has 2 heterocycles. The summed E-state index contributed by atoms with van der Waals surface area (Å²) in [7, 11) is 0. The van der Waals surface area contributed by atoms with Crippen LogP contribution in [0.1, 0.15) is 11.6 Å². The molecular weight excluding hydrogens is 318 g/mol. The van der Waals surface area contributed by atoms with E-state index < -0.39 is 35.2 Å². The number of carbonyl (C=O) groups is 3. The molecule has 1 aromatic rings. The van der Waals surface area contributed by atoms with Crippen molar-refractivity contribution in [3.63, 3.8) is 0 Å². The molecule has 1 aromatic carbocycles. The highest BCUT2D eigenvalue weighted by molar-refractivity contribution is 8.00. The van der Waals surface area contributed by atoms with Gasteiger partial charge in [0, 0.05) is 5.75 Å². The Labute approximate surface area is 136 Å². The minimum Gasteiger partial charge on any atom is -0.477 e. The highest BCUT2D eigenvalue weighted by atomic mass is 32.2. The average molecular weight is 333 g/mol. The van der Waals surface area contributed by atoms with Crippen LogP contribution in [0, 0.1) is 0 Å². The van der Waals surface area contributed by atoms with Crippen molar-refractivity contribution in [1.29, 1.82) is 0 Å². The molecule has 8 heteroatoms.